The Morgan fingerprint density at radius 2 is 1.59 bits per heavy atom. The lowest BCUT2D eigenvalue weighted by Crippen LogP contribution is -2.52. The van der Waals surface area contributed by atoms with E-state index >= 15 is 0 Å². The fourth-order valence-electron chi connectivity index (χ4n) is 3.71. The van der Waals surface area contributed by atoms with Crippen LogP contribution in [0.15, 0.2) is 30.3 Å². The van der Waals surface area contributed by atoms with Gasteiger partial charge in [0.2, 0.25) is 5.91 Å². The summed E-state index contributed by atoms with van der Waals surface area (Å²) in [6, 6.07) is 10.2. The molecular weight excluding hydrogens is 278 g/mol. The third-order valence-corrected chi connectivity index (χ3v) is 5.34. The van der Waals surface area contributed by atoms with Gasteiger partial charge in [0.25, 0.3) is 0 Å². The number of carbonyl (C=O) groups is 2. The highest BCUT2D eigenvalue weighted by molar-refractivity contribution is 5.80. The Labute approximate surface area is 130 Å². The molecule has 0 unspecified atom stereocenters. The molecule has 22 heavy (non-hydrogen) atoms. The van der Waals surface area contributed by atoms with Crippen molar-refractivity contribution in [2.75, 3.05) is 0 Å². The summed E-state index contributed by atoms with van der Waals surface area (Å²) in [4.78, 5) is 23.6. The molecule has 0 aliphatic heterocycles. The summed E-state index contributed by atoms with van der Waals surface area (Å²) in [5, 5.41) is 12.3. The maximum Gasteiger partial charge on any atom is 0.306 e. The Morgan fingerprint density at radius 1 is 1.00 bits per heavy atom. The van der Waals surface area contributed by atoms with Gasteiger partial charge in [0, 0.05) is 5.92 Å². The maximum atomic E-state index is 12.6. The van der Waals surface area contributed by atoms with Gasteiger partial charge in [-0.3, -0.25) is 9.59 Å². The van der Waals surface area contributed by atoms with Crippen LogP contribution in [0.4, 0.5) is 0 Å². The van der Waals surface area contributed by atoms with Crippen LogP contribution in [0.25, 0.3) is 0 Å². The molecule has 2 saturated carbocycles. The zero-order chi connectivity index (χ0) is 15.6. The zero-order valence-corrected chi connectivity index (χ0v) is 12.8. The fraction of sp³-hybridized carbons (Fsp3) is 0.556. The third-order valence-electron chi connectivity index (χ3n) is 5.34. The fourth-order valence-corrected chi connectivity index (χ4v) is 3.71. The Bertz CT molecular complexity index is 543. The van der Waals surface area contributed by atoms with Gasteiger partial charge < -0.3 is 10.4 Å². The summed E-state index contributed by atoms with van der Waals surface area (Å²) in [6.45, 7) is 0. The Morgan fingerprint density at radius 3 is 2.09 bits per heavy atom. The second kappa shape index (κ2) is 6.11. The van der Waals surface area contributed by atoms with Crippen LogP contribution in [0, 0.1) is 11.8 Å². The van der Waals surface area contributed by atoms with E-state index in [0.717, 1.165) is 19.3 Å². The molecule has 1 aromatic carbocycles. The molecule has 4 heteroatoms. The molecule has 0 saturated heterocycles. The quantitative estimate of drug-likeness (QED) is 0.898. The molecule has 0 heterocycles. The molecule has 0 aromatic heterocycles. The molecule has 118 valence electrons. The lowest BCUT2D eigenvalue weighted by molar-refractivity contribution is -0.144. The van der Waals surface area contributed by atoms with Crippen molar-refractivity contribution in [3.8, 4) is 0 Å². The molecule has 1 amide bonds. The number of carboxylic acid groups (broad SMARTS) is 1. The lowest BCUT2D eigenvalue weighted by Gasteiger charge is -2.44. The predicted octanol–water partition coefficient (Wildman–Crippen LogP) is 3.07. The number of amides is 1. The Kier molecular flexibility index (Phi) is 4.19. The molecule has 2 N–H and O–H groups in total. The van der Waals surface area contributed by atoms with Crippen LogP contribution < -0.4 is 5.32 Å². The summed E-state index contributed by atoms with van der Waals surface area (Å²) in [5.74, 6) is -0.918. The molecule has 2 aliphatic carbocycles. The van der Waals surface area contributed by atoms with E-state index in [1.807, 2.05) is 18.2 Å². The molecule has 0 spiro atoms. The van der Waals surface area contributed by atoms with Crippen molar-refractivity contribution in [1.82, 2.24) is 5.32 Å². The highest BCUT2D eigenvalue weighted by Gasteiger charge is 2.41. The monoisotopic (exact) mass is 301 g/mol. The Balaban J connectivity index is 1.63. The van der Waals surface area contributed by atoms with Crippen molar-refractivity contribution in [3.63, 3.8) is 0 Å². The largest absolute Gasteiger partial charge is 0.481 e. The number of benzene rings is 1. The lowest BCUT2D eigenvalue weighted by atomic mass is 9.71. The number of nitrogens with one attached hydrogen (secondary N) is 1. The summed E-state index contributed by atoms with van der Waals surface area (Å²) in [7, 11) is 0. The van der Waals surface area contributed by atoms with Crippen LogP contribution in [0.5, 0.6) is 0 Å². The first-order valence-electron chi connectivity index (χ1n) is 8.21. The minimum Gasteiger partial charge on any atom is -0.481 e. The highest BCUT2D eigenvalue weighted by Crippen LogP contribution is 2.42. The van der Waals surface area contributed by atoms with E-state index in [0.29, 0.717) is 25.7 Å². The maximum absolute atomic E-state index is 12.6. The molecule has 2 aliphatic rings. The summed E-state index contributed by atoms with van der Waals surface area (Å²) in [5.41, 5.74) is 0.996. The van der Waals surface area contributed by atoms with Gasteiger partial charge in [-0.1, -0.05) is 30.3 Å². The molecule has 1 aromatic rings. The van der Waals surface area contributed by atoms with E-state index in [4.69, 9.17) is 5.11 Å². The van der Waals surface area contributed by atoms with Crippen molar-refractivity contribution in [2.24, 2.45) is 11.8 Å². The van der Waals surface area contributed by atoms with Crippen LogP contribution in [0.3, 0.4) is 0 Å². The molecule has 2 fully saturated rings. The number of hydrogen-bond donors (Lipinski definition) is 2. The van der Waals surface area contributed by atoms with Crippen LogP contribution in [0.2, 0.25) is 0 Å². The van der Waals surface area contributed by atoms with Crippen LogP contribution in [-0.4, -0.2) is 17.0 Å². The molecule has 4 nitrogen and oxygen atoms in total. The van der Waals surface area contributed by atoms with E-state index in [2.05, 4.69) is 17.4 Å². The smallest absolute Gasteiger partial charge is 0.306 e. The highest BCUT2D eigenvalue weighted by atomic mass is 16.4. The van der Waals surface area contributed by atoms with Crippen LogP contribution in [-0.2, 0) is 15.1 Å². The van der Waals surface area contributed by atoms with Gasteiger partial charge >= 0.3 is 5.97 Å². The van der Waals surface area contributed by atoms with Crippen molar-refractivity contribution in [2.45, 2.75) is 50.5 Å². The summed E-state index contributed by atoms with van der Waals surface area (Å²) >= 11 is 0. The van der Waals surface area contributed by atoms with Crippen molar-refractivity contribution < 1.29 is 14.7 Å². The van der Waals surface area contributed by atoms with Gasteiger partial charge in [-0.2, -0.15) is 0 Å². The van der Waals surface area contributed by atoms with Gasteiger partial charge in [-0.15, -0.1) is 0 Å². The Hall–Kier alpha value is -1.84. The summed E-state index contributed by atoms with van der Waals surface area (Å²) < 4.78 is 0. The summed E-state index contributed by atoms with van der Waals surface area (Å²) in [6.07, 6.45) is 5.74. The first-order chi connectivity index (χ1) is 10.6. The molecular formula is C18H23NO3. The third kappa shape index (κ3) is 2.87. The standard InChI is InChI=1S/C18H23NO3/c20-16(13-7-9-14(10-8-13)17(21)22)19-18(11-4-12-18)15-5-2-1-3-6-15/h1-3,5-6,13-14H,4,7-12H2,(H,19,20)(H,21,22). The number of carboxylic acids is 1. The predicted molar refractivity (Wildman–Crippen MR) is 83.2 cm³/mol. The van der Waals surface area contributed by atoms with Crippen LogP contribution >= 0.6 is 0 Å². The van der Waals surface area contributed by atoms with E-state index in [1.165, 1.54) is 5.56 Å². The average Bonchev–Trinajstić information content (AvgIpc) is 2.51. The van der Waals surface area contributed by atoms with Crippen LogP contribution in [0.1, 0.15) is 50.5 Å². The first-order valence-corrected chi connectivity index (χ1v) is 8.21. The van der Waals surface area contributed by atoms with Crippen molar-refractivity contribution in [3.05, 3.63) is 35.9 Å². The van der Waals surface area contributed by atoms with Gasteiger partial charge in [0.1, 0.15) is 0 Å². The minimum absolute atomic E-state index is 0.0308. The zero-order valence-electron chi connectivity index (χ0n) is 12.8. The first kappa shape index (κ1) is 15.1. The second-order valence-corrected chi connectivity index (χ2v) is 6.68. The van der Waals surface area contributed by atoms with Crippen molar-refractivity contribution >= 4 is 11.9 Å². The number of carbonyl (C=O) groups excluding carboxylic acids is 1. The van der Waals surface area contributed by atoms with Gasteiger partial charge in [0.05, 0.1) is 11.5 Å². The van der Waals surface area contributed by atoms with Gasteiger partial charge in [0.15, 0.2) is 0 Å². The van der Waals surface area contributed by atoms with E-state index in [1.54, 1.807) is 0 Å². The van der Waals surface area contributed by atoms with Crippen molar-refractivity contribution in [1.29, 1.82) is 0 Å². The van der Waals surface area contributed by atoms with E-state index in [9.17, 15) is 9.59 Å². The number of hydrogen-bond acceptors (Lipinski definition) is 2. The number of aliphatic carboxylic acids is 1. The minimum atomic E-state index is -0.724. The van der Waals surface area contributed by atoms with E-state index in [-0.39, 0.29) is 23.3 Å². The molecule has 3 rings (SSSR count). The van der Waals surface area contributed by atoms with Gasteiger partial charge in [-0.05, 0) is 50.5 Å². The SMILES string of the molecule is O=C(O)C1CCC(C(=O)NC2(c3ccccc3)CCC2)CC1. The molecule has 0 radical (unpaired) electrons. The molecule has 0 atom stereocenters. The topological polar surface area (TPSA) is 66.4 Å². The average molecular weight is 301 g/mol. The normalized spacial score (nSPS) is 26.7. The van der Waals surface area contributed by atoms with Gasteiger partial charge in [-0.25, -0.2) is 0 Å². The molecule has 0 bridgehead atoms. The van der Waals surface area contributed by atoms with E-state index < -0.39 is 5.97 Å². The number of rotatable bonds is 4. The second-order valence-electron chi connectivity index (χ2n) is 6.68.